The highest BCUT2D eigenvalue weighted by Gasteiger charge is 2.25. The third-order valence-electron chi connectivity index (χ3n) is 4.02. The molecular formula is C16H29NOS2. The van der Waals surface area contributed by atoms with Gasteiger partial charge in [0.2, 0.25) is 0 Å². The minimum Gasteiger partial charge on any atom is -0.298 e. The highest BCUT2D eigenvalue weighted by molar-refractivity contribution is 8.13. The molecule has 1 fully saturated rings. The maximum Gasteiger partial charge on any atom is 0.192 e. The number of carbonyl (C=O) groups excluding carboxylic acids is 1. The molecule has 1 aliphatic rings. The van der Waals surface area contributed by atoms with Crippen LogP contribution >= 0.6 is 24.4 Å². The molecule has 0 amide bonds. The second-order valence-electron chi connectivity index (χ2n) is 5.65. The molecule has 0 spiro atoms. The Bertz CT molecular complexity index is 286. The summed E-state index contributed by atoms with van der Waals surface area (Å²) in [5.41, 5.74) is 0. The third kappa shape index (κ3) is 7.72. The standard InChI is InChI=1S/C16H29NOS2/c1-2-17-13-14-7-9-15(10-8-14)16(18)20-12-6-4-3-5-11-19/h2,14-15,19H,3-13H2,1H3. The van der Waals surface area contributed by atoms with Crippen LogP contribution < -0.4 is 0 Å². The van der Waals surface area contributed by atoms with Crippen LogP contribution in [-0.4, -0.2) is 29.4 Å². The number of thioether (sulfide) groups is 1. The average molecular weight is 316 g/mol. The molecule has 0 bridgehead atoms. The van der Waals surface area contributed by atoms with Gasteiger partial charge in [0.25, 0.3) is 0 Å². The zero-order valence-corrected chi connectivity index (χ0v) is 14.4. The fourth-order valence-electron chi connectivity index (χ4n) is 2.69. The van der Waals surface area contributed by atoms with Crippen molar-refractivity contribution in [3.05, 3.63) is 0 Å². The van der Waals surface area contributed by atoms with Gasteiger partial charge in [0.1, 0.15) is 0 Å². The van der Waals surface area contributed by atoms with E-state index >= 15 is 0 Å². The van der Waals surface area contributed by atoms with Crippen molar-refractivity contribution in [2.45, 2.75) is 58.3 Å². The Hall–Kier alpha value is 0.0400. The summed E-state index contributed by atoms with van der Waals surface area (Å²) in [7, 11) is 0. The lowest BCUT2D eigenvalue weighted by Crippen LogP contribution is -2.21. The molecule has 2 nitrogen and oxygen atoms in total. The van der Waals surface area contributed by atoms with Crippen molar-refractivity contribution in [3.63, 3.8) is 0 Å². The van der Waals surface area contributed by atoms with Gasteiger partial charge < -0.3 is 0 Å². The van der Waals surface area contributed by atoms with Crippen LogP contribution in [0.25, 0.3) is 0 Å². The highest BCUT2D eigenvalue weighted by atomic mass is 32.2. The third-order valence-corrected chi connectivity index (χ3v) is 5.45. The van der Waals surface area contributed by atoms with E-state index < -0.39 is 0 Å². The summed E-state index contributed by atoms with van der Waals surface area (Å²) in [6, 6.07) is 0. The molecule has 0 aromatic heterocycles. The highest BCUT2D eigenvalue weighted by Crippen LogP contribution is 2.32. The van der Waals surface area contributed by atoms with E-state index in [0.717, 1.165) is 30.9 Å². The van der Waals surface area contributed by atoms with Crippen LogP contribution in [0.3, 0.4) is 0 Å². The Kier molecular flexibility index (Phi) is 10.6. The van der Waals surface area contributed by atoms with Crippen molar-refractivity contribution in [1.82, 2.24) is 0 Å². The SMILES string of the molecule is CC=NCC1CCC(C(=O)SCCCCCCS)CC1. The first kappa shape index (κ1) is 18.1. The van der Waals surface area contributed by atoms with Crippen molar-refractivity contribution in [3.8, 4) is 0 Å². The van der Waals surface area contributed by atoms with Crippen LogP contribution in [0.5, 0.6) is 0 Å². The van der Waals surface area contributed by atoms with Crippen molar-refractivity contribution < 1.29 is 4.79 Å². The Morgan fingerprint density at radius 3 is 2.55 bits per heavy atom. The number of hydrogen-bond acceptors (Lipinski definition) is 4. The van der Waals surface area contributed by atoms with E-state index in [1.54, 1.807) is 11.8 Å². The lowest BCUT2D eigenvalue weighted by molar-refractivity contribution is -0.115. The van der Waals surface area contributed by atoms with E-state index in [9.17, 15) is 4.79 Å². The van der Waals surface area contributed by atoms with E-state index in [2.05, 4.69) is 17.6 Å². The summed E-state index contributed by atoms with van der Waals surface area (Å²) >= 11 is 5.78. The summed E-state index contributed by atoms with van der Waals surface area (Å²) < 4.78 is 0. The first-order valence-corrected chi connectivity index (χ1v) is 9.61. The van der Waals surface area contributed by atoms with E-state index in [4.69, 9.17) is 0 Å². The Morgan fingerprint density at radius 1 is 1.20 bits per heavy atom. The molecule has 0 saturated heterocycles. The molecular weight excluding hydrogens is 286 g/mol. The van der Waals surface area contributed by atoms with Gasteiger partial charge in [-0.2, -0.15) is 12.6 Å². The zero-order valence-electron chi connectivity index (χ0n) is 12.7. The number of hydrogen-bond donors (Lipinski definition) is 1. The monoisotopic (exact) mass is 315 g/mol. The maximum atomic E-state index is 12.1. The number of thiol groups is 1. The zero-order chi connectivity index (χ0) is 14.6. The molecule has 1 rings (SSSR count). The van der Waals surface area contributed by atoms with Gasteiger partial charge in [-0.05, 0) is 63.3 Å². The quantitative estimate of drug-likeness (QED) is 0.382. The lowest BCUT2D eigenvalue weighted by Gasteiger charge is -2.26. The predicted molar refractivity (Wildman–Crippen MR) is 94.3 cm³/mol. The van der Waals surface area contributed by atoms with Gasteiger partial charge in [0.15, 0.2) is 5.12 Å². The predicted octanol–water partition coefficient (Wildman–Crippen LogP) is 4.63. The molecule has 116 valence electrons. The maximum absolute atomic E-state index is 12.1. The number of nitrogens with zero attached hydrogens (tertiary/aromatic N) is 1. The largest absolute Gasteiger partial charge is 0.298 e. The smallest absolute Gasteiger partial charge is 0.192 e. The number of unbranched alkanes of at least 4 members (excludes halogenated alkanes) is 3. The topological polar surface area (TPSA) is 29.4 Å². The van der Waals surface area contributed by atoms with Gasteiger partial charge in [-0.3, -0.25) is 9.79 Å². The van der Waals surface area contributed by atoms with Gasteiger partial charge >= 0.3 is 0 Å². The number of rotatable bonds is 9. The molecule has 4 heteroatoms. The Balaban J connectivity index is 2.07. The summed E-state index contributed by atoms with van der Waals surface area (Å²) in [5.74, 6) is 3.02. The molecule has 0 aromatic rings. The van der Waals surface area contributed by atoms with Gasteiger partial charge in [-0.25, -0.2) is 0 Å². The van der Waals surface area contributed by atoms with E-state index in [1.807, 2.05) is 13.1 Å². The Morgan fingerprint density at radius 2 is 1.90 bits per heavy atom. The van der Waals surface area contributed by atoms with Crippen molar-refractivity contribution in [2.24, 2.45) is 16.8 Å². The molecule has 0 N–H and O–H groups in total. The van der Waals surface area contributed by atoms with Crippen LogP contribution in [0, 0.1) is 11.8 Å². The molecule has 0 aliphatic heterocycles. The second-order valence-corrected chi connectivity index (χ2v) is 7.19. The van der Waals surface area contributed by atoms with Crippen molar-refractivity contribution in [1.29, 1.82) is 0 Å². The summed E-state index contributed by atoms with van der Waals surface area (Å²) in [4.78, 5) is 16.5. The lowest BCUT2D eigenvalue weighted by atomic mass is 9.83. The van der Waals surface area contributed by atoms with Crippen LogP contribution in [0.15, 0.2) is 4.99 Å². The van der Waals surface area contributed by atoms with E-state index in [0.29, 0.717) is 17.0 Å². The summed E-state index contributed by atoms with van der Waals surface area (Å²) in [5, 5.41) is 0.441. The normalized spacial score (nSPS) is 23.3. The van der Waals surface area contributed by atoms with Gasteiger partial charge in [0, 0.05) is 18.2 Å². The van der Waals surface area contributed by atoms with Crippen molar-refractivity contribution >= 4 is 35.7 Å². The number of carbonyl (C=O) groups is 1. The van der Waals surface area contributed by atoms with Crippen LogP contribution in [-0.2, 0) is 4.79 Å². The molecule has 0 aromatic carbocycles. The number of aliphatic imine (C=N–C) groups is 1. The first-order chi connectivity index (χ1) is 9.77. The second kappa shape index (κ2) is 11.7. The minimum absolute atomic E-state index is 0.319. The van der Waals surface area contributed by atoms with E-state index in [1.165, 1.54) is 38.5 Å². The molecule has 20 heavy (non-hydrogen) atoms. The van der Waals surface area contributed by atoms with Gasteiger partial charge in [-0.15, -0.1) is 0 Å². The summed E-state index contributed by atoms with van der Waals surface area (Å²) in [6.07, 6.45) is 11.3. The minimum atomic E-state index is 0.319. The molecule has 0 heterocycles. The van der Waals surface area contributed by atoms with Gasteiger partial charge in [-0.1, -0.05) is 24.6 Å². The van der Waals surface area contributed by atoms with Crippen LogP contribution in [0.1, 0.15) is 58.3 Å². The van der Waals surface area contributed by atoms with Crippen LogP contribution in [0.2, 0.25) is 0 Å². The molecule has 0 atom stereocenters. The molecule has 0 radical (unpaired) electrons. The molecule has 1 aliphatic carbocycles. The first-order valence-electron chi connectivity index (χ1n) is 7.99. The molecule has 0 unspecified atom stereocenters. The van der Waals surface area contributed by atoms with Crippen molar-refractivity contribution in [2.75, 3.05) is 18.1 Å². The summed E-state index contributed by atoms with van der Waals surface area (Å²) in [6.45, 7) is 2.93. The van der Waals surface area contributed by atoms with Gasteiger partial charge in [0.05, 0.1) is 0 Å². The van der Waals surface area contributed by atoms with Crippen LogP contribution in [0.4, 0.5) is 0 Å². The fourth-order valence-corrected chi connectivity index (χ4v) is 3.94. The van der Waals surface area contributed by atoms with E-state index in [-0.39, 0.29) is 0 Å². The fraction of sp³-hybridized carbons (Fsp3) is 0.875. The molecule has 1 saturated carbocycles. The average Bonchev–Trinajstić information content (AvgIpc) is 2.49. The Labute approximate surface area is 134 Å².